The van der Waals surface area contributed by atoms with Crippen molar-refractivity contribution in [2.24, 2.45) is 4.99 Å². The van der Waals surface area contributed by atoms with E-state index in [1.807, 2.05) is 42.5 Å². The minimum absolute atomic E-state index is 0.172. The van der Waals surface area contributed by atoms with Crippen molar-refractivity contribution in [2.75, 3.05) is 5.01 Å². The van der Waals surface area contributed by atoms with Gasteiger partial charge in [0.1, 0.15) is 11.5 Å². The third-order valence-corrected chi connectivity index (χ3v) is 4.18. The summed E-state index contributed by atoms with van der Waals surface area (Å²) >= 11 is 0. The average Bonchev–Trinajstić information content (AvgIpc) is 2.69. The van der Waals surface area contributed by atoms with Crippen molar-refractivity contribution < 1.29 is 4.79 Å². The molecule has 5 nitrogen and oxygen atoms in total. The van der Waals surface area contributed by atoms with Crippen LogP contribution in [0.3, 0.4) is 0 Å². The molecular weight excluding hydrogens is 324 g/mol. The number of fused-ring (bicyclic) bond motifs is 1. The largest absolute Gasteiger partial charge is 0.276 e. The topological polar surface area (TPSA) is 57.6 Å². The van der Waals surface area contributed by atoms with Gasteiger partial charge in [0.2, 0.25) is 0 Å². The molecule has 0 fully saturated rings. The molecule has 1 amide bonds. The van der Waals surface area contributed by atoms with E-state index in [1.54, 1.807) is 18.3 Å². The molecule has 1 aromatic heterocycles. The summed E-state index contributed by atoms with van der Waals surface area (Å²) in [5, 5.41) is 1.48. The molecule has 1 aliphatic heterocycles. The Kier molecular flexibility index (Phi) is 6.14. The monoisotopic (exact) mass is 348 g/mol. The molecule has 0 radical (unpaired) electrons. The highest BCUT2D eigenvalue weighted by Gasteiger charge is 2.23. The number of hydrogen-bond acceptors (Lipinski definition) is 4. The highest BCUT2D eigenvalue weighted by molar-refractivity contribution is 6.08. The van der Waals surface area contributed by atoms with E-state index in [1.165, 1.54) is 24.3 Å². The first-order valence-corrected chi connectivity index (χ1v) is 9.14. The number of pyridine rings is 1. The number of nitrogens with zero attached hydrogens (tertiary/aromatic N) is 3. The Bertz CT molecular complexity index is 799. The number of nitrogens with one attached hydrogen (secondary N) is 1. The first-order valence-electron chi connectivity index (χ1n) is 9.14. The second-order valence-electron chi connectivity index (χ2n) is 6.24. The van der Waals surface area contributed by atoms with Crippen LogP contribution in [0.4, 0.5) is 11.5 Å². The highest BCUT2D eigenvalue weighted by atomic mass is 16.2. The summed E-state index contributed by atoms with van der Waals surface area (Å²) in [6.45, 7) is 2.19. The SMILES string of the molecule is CCCCCCC1=Nc2cccnc2N(C(=O)/C=C/c2ccccc2)N1. The summed E-state index contributed by atoms with van der Waals surface area (Å²) in [4.78, 5) is 21.7. The van der Waals surface area contributed by atoms with Crippen molar-refractivity contribution in [3.05, 3.63) is 60.3 Å². The fourth-order valence-electron chi connectivity index (χ4n) is 2.80. The van der Waals surface area contributed by atoms with Crippen molar-refractivity contribution in [3.8, 4) is 0 Å². The number of carbonyl (C=O) groups excluding carboxylic acids is 1. The molecule has 1 aliphatic rings. The Balaban J connectivity index is 1.75. The Labute approximate surface area is 154 Å². The van der Waals surface area contributed by atoms with Gasteiger partial charge >= 0.3 is 0 Å². The minimum atomic E-state index is -0.172. The van der Waals surface area contributed by atoms with Crippen LogP contribution in [-0.2, 0) is 4.79 Å². The number of rotatable bonds is 7. The number of aliphatic imine (C=N–C) groups is 1. The summed E-state index contributed by atoms with van der Waals surface area (Å²) in [6, 6.07) is 13.5. The fourth-order valence-corrected chi connectivity index (χ4v) is 2.80. The van der Waals surface area contributed by atoms with Crippen molar-refractivity contribution in [2.45, 2.75) is 39.0 Å². The number of amides is 1. The van der Waals surface area contributed by atoms with Crippen LogP contribution in [0.2, 0.25) is 0 Å². The Morgan fingerprint density at radius 1 is 1.12 bits per heavy atom. The van der Waals surface area contributed by atoms with Gasteiger partial charge in [0.05, 0.1) is 0 Å². The molecule has 0 aliphatic carbocycles. The lowest BCUT2D eigenvalue weighted by Gasteiger charge is -2.28. The smallest absolute Gasteiger partial charge is 0.271 e. The van der Waals surface area contributed by atoms with Crippen LogP contribution in [0.15, 0.2) is 59.7 Å². The number of unbranched alkanes of at least 4 members (excludes halogenated alkanes) is 3. The molecule has 1 N–H and O–H groups in total. The molecule has 2 aromatic rings. The molecule has 0 atom stereocenters. The second-order valence-corrected chi connectivity index (χ2v) is 6.24. The fraction of sp³-hybridized carbons (Fsp3) is 0.286. The number of hydrogen-bond donors (Lipinski definition) is 1. The molecule has 2 heterocycles. The van der Waals surface area contributed by atoms with Gasteiger partial charge in [-0.3, -0.25) is 10.2 Å². The third-order valence-electron chi connectivity index (χ3n) is 4.18. The van der Waals surface area contributed by atoms with Crippen LogP contribution in [0, 0.1) is 0 Å². The van der Waals surface area contributed by atoms with E-state index in [0.717, 1.165) is 29.9 Å². The first-order chi connectivity index (χ1) is 12.8. The summed E-state index contributed by atoms with van der Waals surface area (Å²) in [5.74, 6) is 1.17. The molecule has 3 rings (SSSR count). The molecule has 0 saturated carbocycles. The molecule has 0 saturated heterocycles. The predicted molar refractivity (Wildman–Crippen MR) is 106 cm³/mol. The van der Waals surface area contributed by atoms with Gasteiger partial charge in [0.15, 0.2) is 5.82 Å². The van der Waals surface area contributed by atoms with E-state index in [9.17, 15) is 4.79 Å². The minimum Gasteiger partial charge on any atom is -0.276 e. The van der Waals surface area contributed by atoms with Crippen LogP contribution < -0.4 is 10.4 Å². The number of amidine groups is 1. The molecule has 134 valence electrons. The standard InChI is InChI=1S/C21H24N4O/c1-2-3-4-8-13-19-23-18-12-9-16-22-21(18)25(24-19)20(26)15-14-17-10-6-5-7-11-17/h5-7,9-12,14-16H,2-4,8,13H2,1H3,(H,23,24)/b15-14+. The maximum atomic E-state index is 12.7. The summed E-state index contributed by atoms with van der Waals surface area (Å²) in [5.41, 5.74) is 4.84. The predicted octanol–water partition coefficient (Wildman–Crippen LogP) is 4.65. The molecular formula is C21H24N4O. The average molecular weight is 348 g/mol. The van der Waals surface area contributed by atoms with Gasteiger partial charge in [-0.15, -0.1) is 0 Å². The number of hydrazine groups is 1. The lowest BCUT2D eigenvalue weighted by Crippen LogP contribution is -2.48. The number of anilines is 1. The van der Waals surface area contributed by atoms with Gasteiger partial charge in [-0.1, -0.05) is 56.5 Å². The van der Waals surface area contributed by atoms with Gasteiger partial charge in [-0.25, -0.2) is 9.98 Å². The molecule has 0 spiro atoms. The summed E-state index contributed by atoms with van der Waals surface area (Å²) in [6.07, 6.45) is 10.5. The van der Waals surface area contributed by atoms with Gasteiger partial charge < -0.3 is 0 Å². The zero-order chi connectivity index (χ0) is 18.2. The number of benzene rings is 1. The maximum absolute atomic E-state index is 12.7. The molecule has 26 heavy (non-hydrogen) atoms. The van der Waals surface area contributed by atoms with Crippen LogP contribution >= 0.6 is 0 Å². The number of carbonyl (C=O) groups is 1. The molecule has 0 unspecified atom stereocenters. The quantitative estimate of drug-likeness (QED) is 0.585. The van der Waals surface area contributed by atoms with E-state index in [2.05, 4.69) is 22.3 Å². The lowest BCUT2D eigenvalue weighted by molar-refractivity contribution is -0.114. The van der Waals surface area contributed by atoms with Gasteiger partial charge in [-0.05, 0) is 30.2 Å². The maximum Gasteiger partial charge on any atom is 0.271 e. The van der Waals surface area contributed by atoms with Crippen molar-refractivity contribution in [1.29, 1.82) is 0 Å². The van der Waals surface area contributed by atoms with Crippen molar-refractivity contribution in [3.63, 3.8) is 0 Å². The second kappa shape index (κ2) is 8.94. The van der Waals surface area contributed by atoms with Crippen molar-refractivity contribution in [1.82, 2.24) is 10.4 Å². The van der Waals surface area contributed by atoms with Gasteiger partial charge in [0, 0.05) is 18.7 Å². The molecule has 1 aromatic carbocycles. The van der Waals surface area contributed by atoms with E-state index >= 15 is 0 Å². The summed E-state index contributed by atoms with van der Waals surface area (Å²) in [7, 11) is 0. The molecule has 0 bridgehead atoms. The van der Waals surface area contributed by atoms with Crippen LogP contribution in [0.25, 0.3) is 6.08 Å². The van der Waals surface area contributed by atoms with E-state index in [-0.39, 0.29) is 5.91 Å². The summed E-state index contributed by atoms with van der Waals surface area (Å²) < 4.78 is 0. The lowest BCUT2D eigenvalue weighted by atomic mass is 10.1. The van der Waals surface area contributed by atoms with Crippen LogP contribution in [0.1, 0.15) is 44.6 Å². The van der Waals surface area contributed by atoms with Gasteiger partial charge in [-0.2, -0.15) is 5.01 Å². The van der Waals surface area contributed by atoms with Crippen LogP contribution in [0.5, 0.6) is 0 Å². The van der Waals surface area contributed by atoms with Gasteiger partial charge in [0.25, 0.3) is 5.91 Å². The third kappa shape index (κ3) is 4.57. The normalized spacial score (nSPS) is 13.3. The molecule has 5 heteroatoms. The zero-order valence-corrected chi connectivity index (χ0v) is 15.1. The number of aromatic nitrogens is 1. The Hall–Kier alpha value is -2.95. The van der Waals surface area contributed by atoms with Crippen molar-refractivity contribution >= 4 is 29.3 Å². The first kappa shape index (κ1) is 17.9. The Morgan fingerprint density at radius 2 is 1.96 bits per heavy atom. The van der Waals surface area contributed by atoms with E-state index in [0.29, 0.717) is 5.82 Å². The Morgan fingerprint density at radius 3 is 2.77 bits per heavy atom. The zero-order valence-electron chi connectivity index (χ0n) is 15.1. The van der Waals surface area contributed by atoms with E-state index < -0.39 is 0 Å². The van der Waals surface area contributed by atoms with Crippen LogP contribution in [-0.4, -0.2) is 16.7 Å². The van der Waals surface area contributed by atoms with E-state index in [4.69, 9.17) is 0 Å². The highest BCUT2D eigenvalue weighted by Crippen LogP contribution is 2.28.